The Bertz CT molecular complexity index is 181. The van der Waals surface area contributed by atoms with Crippen LogP contribution >= 0.6 is 0 Å². The van der Waals surface area contributed by atoms with Gasteiger partial charge in [-0.1, -0.05) is 6.42 Å². The Labute approximate surface area is 70.8 Å². The fourth-order valence-corrected chi connectivity index (χ4v) is 2.12. The van der Waals surface area contributed by atoms with Crippen molar-refractivity contribution in [3.05, 3.63) is 0 Å². The molecule has 2 aliphatic rings. The summed E-state index contributed by atoms with van der Waals surface area (Å²) in [5, 5.41) is 9.04. The fourth-order valence-electron chi connectivity index (χ4n) is 2.12. The molecule has 1 unspecified atom stereocenters. The lowest BCUT2D eigenvalue weighted by molar-refractivity contribution is 0.0112. The van der Waals surface area contributed by atoms with Crippen molar-refractivity contribution in [1.29, 1.82) is 0 Å². The van der Waals surface area contributed by atoms with Crippen LogP contribution in [0.1, 0.15) is 32.1 Å². The van der Waals surface area contributed by atoms with Crippen LogP contribution in [0.3, 0.4) is 0 Å². The normalized spacial score (nSPS) is 35.8. The van der Waals surface area contributed by atoms with E-state index < -0.39 is 11.8 Å². The van der Waals surface area contributed by atoms with E-state index in [2.05, 4.69) is 0 Å². The number of hydrogen-bond donors (Lipinski definition) is 1. The molecule has 0 heterocycles. The molecule has 2 fully saturated rings. The summed E-state index contributed by atoms with van der Waals surface area (Å²) in [4.78, 5) is 0. The van der Waals surface area contributed by atoms with Gasteiger partial charge in [0.05, 0.1) is 0 Å². The Balaban J connectivity index is 1.86. The molecule has 0 aromatic rings. The third-order valence-electron chi connectivity index (χ3n) is 3.38. The summed E-state index contributed by atoms with van der Waals surface area (Å²) in [6.45, 7) is 0.0968. The lowest BCUT2D eigenvalue weighted by Gasteiger charge is -2.40. The Morgan fingerprint density at radius 2 is 1.92 bits per heavy atom. The average Bonchev–Trinajstić information content (AvgIpc) is 2.50. The number of hydrogen-bond acceptors (Lipinski definition) is 1. The average molecular weight is 176 g/mol. The molecule has 0 aromatic heterocycles. The molecule has 2 aliphatic carbocycles. The molecule has 0 bridgehead atoms. The Morgan fingerprint density at radius 3 is 2.17 bits per heavy atom. The van der Waals surface area contributed by atoms with Gasteiger partial charge in [-0.25, -0.2) is 8.78 Å². The van der Waals surface area contributed by atoms with Crippen LogP contribution in [0.5, 0.6) is 0 Å². The molecule has 1 N–H and O–H groups in total. The minimum atomic E-state index is -2.40. The van der Waals surface area contributed by atoms with E-state index in [4.69, 9.17) is 5.11 Å². The molecule has 0 saturated heterocycles. The Morgan fingerprint density at radius 1 is 1.33 bits per heavy atom. The van der Waals surface area contributed by atoms with Crippen LogP contribution < -0.4 is 0 Å². The van der Waals surface area contributed by atoms with Gasteiger partial charge in [0.15, 0.2) is 0 Å². The maximum Gasteiger partial charge on any atom is 0.251 e. The van der Waals surface area contributed by atoms with E-state index in [9.17, 15) is 8.78 Å². The molecule has 70 valence electrons. The summed E-state index contributed by atoms with van der Waals surface area (Å²) in [5.74, 6) is -2.83. The van der Waals surface area contributed by atoms with Crippen LogP contribution in [0, 0.1) is 11.3 Å². The summed E-state index contributed by atoms with van der Waals surface area (Å²) >= 11 is 0. The number of halogens is 2. The van der Waals surface area contributed by atoms with E-state index >= 15 is 0 Å². The summed E-state index contributed by atoms with van der Waals surface area (Å²) in [6, 6.07) is 0. The van der Waals surface area contributed by atoms with E-state index in [1.807, 2.05) is 0 Å². The molecule has 0 aliphatic heterocycles. The van der Waals surface area contributed by atoms with E-state index in [0.29, 0.717) is 6.42 Å². The highest BCUT2D eigenvalue weighted by molar-refractivity contribution is 5.01. The fraction of sp³-hybridized carbons (Fsp3) is 1.00. The van der Waals surface area contributed by atoms with Crippen LogP contribution in [0.15, 0.2) is 0 Å². The van der Waals surface area contributed by atoms with Gasteiger partial charge in [0.25, 0.3) is 5.92 Å². The standard InChI is InChI=1S/C9H14F2O/c10-9(11)5-7(9)4-8(6-12)2-1-3-8/h7,12H,1-6H2. The number of alkyl halides is 2. The van der Waals surface area contributed by atoms with Crippen LogP contribution in [0.25, 0.3) is 0 Å². The minimum Gasteiger partial charge on any atom is -0.396 e. The van der Waals surface area contributed by atoms with Crippen LogP contribution in [-0.4, -0.2) is 17.6 Å². The van der Waals surface area contributed by atoms with Crippen molar-refractivity contribution in [1.82, 2.24) is 0 Å². The zero-order valence-corrected chi connectivity index (χ0v) is 7.02. The first-order chi connectivity index (χ1) is 5.58. The highest BCUT2D eigenvalue weighted by Crippen LogP contribution is 2.57. The maximum absolute atomic E-state index is 12.5. The summed E-state index contributed by atoms with van der Waals surface area (Å²) in [5.41, 5.74) is -0.120. The second-order valence-electron chi connectivity index (χ2n) is 4.38. The number of aliphatic hydroxyl groups is 1. The highest BCUT2D eigenvalue weighted by Gasteiger charge is 2.59. The van der Waals surface area contributed by atoms with Gasteiger partial charge in [-0.3, -0.25) is 0 Å². The smallest absolute Gasteiger partial charge is 0.251 e. The van der Waals surface area contributed by atoms with Gasteiger partial charge in [0, 0.05) is 18.9 Å². The Hall–Kier alpha value is -0.180. The molecule has 0 amide bonds. The van der Waals surface area contributed by atoms with Crippen molar-refractivity contribution in [2.45, 2.75) is 38.0 Å². The van der Waals surface area contributed by atoms with Crippen molar-refractivity contribution in [3.63, 3.8) is 0 Å². The van der Waals surface area contributed by atoms with Gasteiger partial charge in [0.1, 0.15) is 0 Å². The van der Waals surface area contributed by atoms with Crippen molar-refractivity contribution < 1.29 is 13.9 Å². The van der Waals surface area contributed by atoms with Gasteiger partial charge in [-0.05, 0) is 24.7 Å². The van der Waals surface area contributed by atoms with E-state index in [1.54, 1.807) is 0 Å². The summed E-state index contributed by atoms with van der Waals surface area (Å²) in [6.07, 6.45) is 3.57. The maximum atomic E-state index is 12.5. The zero-order valence-electron chi connectivity index (χ0n) is 7.02. The first-order valence-electron chi connectivity index (χ1n) is 4.57. The third-order valence-corrected chi connectivity index (χ3v) is 3.38. The number of aliphatic hydroxyl groups excluding tert-OH is 1. The van der Waals surface area contributed by atoms with Crippen molar-refractivity contribution >= 4 is 0 Å². The molecular weight excluding hydrogens is 162 g/mol. The second kappa shape index (κ2) is 2.41. The van der Waals surface area contributed by atoms with Crippen LogP contribution in [0.2, 0.25) is 0 Å². The molecular formula is C9H14F2O. The molecule has 3 heteroatoms. The monoisotopic (exact) mass is 176 g/mol. The quantitative estimate of drug-likeness (QED) is 0.698. The SMILES string of the molecule is OCC1(CC2CC2(F)F)CCC1. The van der Waals surface area contributed by atoms with Gasteiger partial charge in [0.2, 0.25) is 0 Å². The molecule has 12 heavy (non-hydrogen) atoms. The van der Waals surface area contributed by atoms with Gasteiger partial charge in [-0.2, -0.15) is 0 Å². The molecule has 0 radical (unpaired) electrons. The van der Waals surface area contributed by atoms with Crippen molar-refractivity contribution in [2.75, 3.05) is 6.61 Å². The molecule has 0 spiro atoms. The van der Waals surface area contributed by atoms with E-state index in [-0.39, 0.29) is 18.4 Å². The Kier molecular flexibility index (Phi) is 1.69. The van der Waals surface area contributed by atoms with Crippen molar-refractivity contribution in [2.24, 2.45) is 11.3 Å². The zero-order chi connectivity index (χ0) is 8.82. The molecule has 2 rings (SSSR count). The van der Waals surface area contributed by atoms with E-state index in [1.165, 1.54) is 0 Å². The highest BCUT2D eigenvalue weighted by atomic mass is 19.3. The van der Waals surface area contributed by atoms with Gasteiger partial charge < -0.3 is 5.11 Å². The first kappa shape index (κ1) is 8.42. The summed E-state index contributed by atoms with van der Waals surface area (Å²) < 4.78 is 25.1. The molecule has 0 aromatic carbocycles. The van der Waals surface area contributed by atoms with E-state index in [0.717, 1.165) is 19.3 Å². The third kappa shape index (κ3) is 1.24. The minimum absolute atomic E-state index is 0.0503. The molecule has 1 atom stereocenters. The lowest BCUT2D eigenvalue weighted by Crippen LogP contribution is -2.34. The second-order valence-corrected chi connectivity index (χ2v) is 4.38. The number of rotatable bonds is 3. The predicted octanol–water partition coefficient (Wildman–Crippen LogP) is 2.19. The first-order valence-corrected chi connectivity index (χ1v) is 4.57. The topological polar surface area (TPSA) is 20.2 Å². The molecule has 2 saturated carbocycles. The van der Waals surface area contributed by atoms with Crippen LogP contribution in [-0.2, 0) is 0 Å². The van der Waals surface area contributed by atoms with Gasteiger partial charge >= 0.3 is 0 Å². The largest absolute Gasteiger partial charge is 0.396 e. The molecule has 1 nitrogen and oxygen atoms in total. The van der Waals surface area contributed by atoms with Crippen LogP contribution in [0.4, 0.5) is 8.78 Å². The summed E-state index contributed by atoms with van der Waals surface area (Å²) in [7, 11) is 0. The lowest BCUT2D eigenvalue weighted by atomic mass is 9.66. The van der Waals surface area contributed by atoms with Gasteiger partial charge in [-0.15, -0.1) is 0 Å². The predicted molar refractivity (Wildman–Crippen MR) is 41.0 cm³/mol. The van der Waals surface area contributed by atoms with Crippen molar-refractivity contribution in [3.8, 4) is 0 Å².